The van der Waals surface area contributed by atoms with Gasteiger partial charge >= 0.3 is 5.97 Å². The van der Waals surface area contributed by atoms with Crippen LogP contribution in [0.2, 0.25) is 0 Å². The van der Waals surface area contributed by atoms with Gasteiger partial charge in [0.15, 0.2) is 0 Å². The number of esters is 1. The van der Waals surface area contributed by atoms with Crippen molar-refractivity contribution in [2.24, 2.45) is 0 Å². The normalized spacial score (nSPS) is 12.8. The highest BCUT2D eigenvalue weighted by Crippen LogP contribution is 2.35. The lowest BCUT2D eigenvalue weighted by Crippen LogP contribution is -2.07. The van der Waals surface area contributed by atoms with Crippen LogP contribution in [0, 0.1) is 0 Å². The van der Waals surface area contributed by atoms with Gasteiger partial charge in [0.1, 0.15) is 23.7 Å². The first-order valence-electron chi connectivity index (χ1n) is 6.97. The van der Waals surface area contributed by atoms with Crippen LogP contribution in [-0.2, 0) is 4.74 Å². The zero-order valence-electron chi connectivity index (χ0n) is 11.8. The van der Waals surface area contributed by atoms with Crippen LogP contribution < -0.4 is 4.74 Å². The molecule has 2 aromatic carbocycles. The highest BCUT2D eigenvalue weighted by molar-refractivity contribution is 6.02. The number of hydrogen-bond acceptors (Lipinski definition) is 4. The van der Waals surface area contributed by atoms with Gasteiger partial charge in [-0.2, -0.15) is 0 Å². The van der Waals surface area contributed by atoms with E-state index in [2.05, 4.69) is 0 Å². The summed E-state index contributed by atoms with van der Waals surface area (Å²) in [6.45, 7) is 2.81. The molecule has 0 aliphatic carbocycles. The number of carbonyl (C=O) groups excluding carboxylic acids is 1. The number of benzene rings is 2. The molecule has 0 spiro atoms. The topological polar surface area (TPSA) is 55.8 Å². The van der Waals surface area contributed by atoms with E-state index in [1.54, 1.807) is 12.1 Å². The van der Waals surface area contributed by atoms with Crippen molar-refractivity contribution in [1.82, 2.24) is 0 Å². The first kappa shape index (κ1) is 13.5. The molecule has 1 N–H and O–H groups in total. The van der Waals surface area contributed by atoms with Crippen molar-refractivity contribution >= 4 is 22.8 Å². The zero-order chi connectivity index (χ0) is 14.8. The van der Waals surface area contributed by atoms with Crippen LogP contribution in [0.1, 0.15) is 29.3 Å². The summed E-state index contributed by atoms with van der Waals surface area (Å²) in [6.07, 6.45) is 4.63. The van der Waals surface area contributed by atoms with Gasteiger partial charge in [0.05, 0.1) is 6.61 Å². The lowest BCUT2D eigenvalue weighted by Gasteiger charge is -2.15. The number of phenolic OH excluding ortho intramolecular Hbond substituents is 1. The quantitative estimate of drug-likeness (QED) is 0.876. The second-order valence-electron chi connectivity index (χ2n) is 4.92. The average Bonchev–Trinajstić information content (AvgIpc) is 2.51. The van der Waals surface area contributed by atoms with Crippen molar-refractivity contribution in [2.75, 3.05) is 13.2 Å². The van der Waals surface area contributed by atoms with E-state index in [1.165, 1.54) is 0 Å². The Kier molecular flexibility index (Phi) is 3.52. The third-order valence-electron chi connectivity index (χ3n) is 3.41. The van der Waals surface area contributed by atoms with Gasteiger partial charge in [-0.25, -0.2) is 4.79 Å². The number of fused-ring (bicyclic) bond motifs is 3. The molecule has 4 nitrogen and oxygen atoms in total. The van der Waals surface area contributed by atoms with E-state index < -0.39 is 5.97 Å². The van der Waals surface area contributed by atoms with Crippen molar-refractivity contribution in [1.29, 1.82) is 0 Å². The Morgan fingerprint density at radius 1 is 1.38 bits per heavy atom. The molecule has 0 unspecified atom stereocenters. The van der Waals surface area contributed by atoms with Crippen molar-refractivity contribution in [3.05, 3.63) is 41.5 Å². The molecule has 1 heterocycles. The zero-order valence-corrected chi connectivity index (χ0v) is 11.8. The maximum absolute atomic E-state index is 12.0. The van der Waals surface area contributed by atoms with Crippen LogP contribution >= 0.6 is 0 Å². The molecule has 3 rings (SSSR count). The van der Waals surface area contributed by atoms with E-state index >= 15 is 0 Å². The van der Waals surface area contributed by atoms with Gasteiger partial charge < -0.3 is 14.6 Å². The van der Waals surface area contributed by atoms with Crippen LogP contribution in [0.3, 0.4) is 0 Å². The Labute approximate surface area is 122 Å². The van der Waals surface area contributed by atoms with Gasteiger partial charge in [0.2, 0.25) is 0 Å². The fraction of sp³-hybridized carbons (Fsp3) is 0.235. The highest BCUT2D eigenvalue weighted by Gasteiger charge is 2.17. The predicted molar refractivity (Wildman–Crippen MR) is 80.7 cm³/mol. The summed E-state index contributed by atoms with van der Waals surface area (Å²) < 4.78 is 10.7. The molecule has 0 radical (unpaired) electrons. The predicted octanol–water partition coefficient (Wildman–Crippen LogP) is 3.52. The van der Waals surface area contributed by atoms with Crippen LogP contribution in [0.25, 0.3) is 16.8 Å². The molecule has 0 bridgehead atoms. The molecule has 0 aromatic heterocycles. The van der Waals surface area contributed by atoms with Crippen molar-refractivity contribution in [3.63, 3.8) is 0 Å². The van der Waals surface area contributed by atoms with Crippen molar-refractivity contribution in [2.45, 2.75) is 13.3 Å². The third kappa shape index (κ3) is 2.44. The Hall–Kier alpha value is -2.49. The summed E-state index contributed by atoms with van der Waals surface area (Å²) >= 11 is 0. The van der Waals surface area contributed by atoms with Crippen LogP contribution in [0.4, 0.5) is 0 Å². The first-order chi connectivity index (χ1) is 10.2. The van der Waals surface area contributed by atoms with E-state index in [-0.39, 0.29) is 11.3 Å². The largest absolute Gasteiger partial charge is 0.507 e. The highest BCUT2D eigenvalue weighted by atomic mass is 16.5. The Balaban J connectivity index is 2.13. The fourth-order valence-electron chi connectivity index (χ4n) is 2.40. The summed E-state index contributed by atoms with van der Waals surface area (Å²) in [6, 6.07) is 6.99. The van der Waals surface area contributed by atoms with E-state index in [1.807, 2.05) is 31.2 Å². The number of ether oxygens (including phenoxy) is 2. The van der Waals surface area contributed by atoms with Crippen molar-refractivity contribution < 1.29 is 19.4 Å². The number of carbonyl (C=O) groups is 1. The van der Waals surface area contributed by atoms with E-state index in [0.29, 0.717) is 13.2 Å². The van der Waals surface area contributed by atoms with Gasteiger partial charge in [0.25, 0.3) is 0 Å². The Bertz CT molecular complexity index is 731. The van der Waals surface area contributed by atoms with Crippen LogP contribution in [0.15, 0.2) is 30.3 Å². The molecule has 21 heavy (non-hydrogen) atoms. The minimum atomic E-state index is -0.505. The summed E-state index contributed by atoms with van der Waals surface area (Å²) in [5.41, 5.74) is 1.10. The monoisotopic (exact) mass is 284 g/mol. The van der Waals surface area contributed by atoms with Gasteiger partial charge in [-0.1, -0.05) is 19.1 Å². The average molecular weight is 284 g/mol. The van der Waals surface area contributed by atoms with Gasteiger partial charge in [-0.05, 0) is 41.5 Å². The van der Waals surface area contributed by atoms with Crippen LogP contribution in [0.5, 0.6) is 11.5 Å². The standard InChI is InChI=1S/C17H16O4/c1-2-7-21-17(19)14-10-13-11(9-15(14)18)5-6-16-12(13)4-3-8-20-16/h3-6,9-10,18H,2,7-8H2,1H3. The van der Waals surface area contributed by atoms with E-state index in [0.717, 1.165) is 28.5 Å². The van der Waals surface area contributed by atoms with Crippen molar-refractivity contribution in [3.8, 4) is 11.5 Å². The maximum Gasteiger partial charge on any atom is 0.341 e. The molecule has 0 atom stereocenters. The second-order valence-corrected chi connectivity index (χ2v) is 4.92. The smallest absolute Gasteiger partial charge is 0.341 e. The van der Waals surface area contributed by atoms with Crippen LogP contribution in [-0.4, -0.2) is 24.3 Å². The number of hydrogen-bond donors (Lipinski definition) is 1. The minimum absolute atomic E-state index is 0.0655. The molecule has 0 amide bonds. The summed E-state index contributed by atoms with van der Waals surface area (Å²) in [5, 5.41) is 11.8. The molecule has 0 saturated carbocycles. The molecule has 0 fully saturated rings. The van der Waals surface area contributed by atoms with Gasteiger partial charge in [-0.15, -0.1) is 0 Å². The number of phenols is 1. The molecule has 1 aliphatic rings. The minimum Gasteiger partial charge on any atom is -0.507 e. The molecule has 2 aromatic rings. The number of rotatable bonds is 3. The Morgan fingerprint density at radius 2 is 2.24 bits per heavy atom. The lowest BCUT2D eigenvalue weighted by atomic mass is 9.99. The Morgan fingerprint density at radius 3 is 3.05 bits per heavy atom. The molecule has 4 heteroatoms. The lowest BCUT2D eigenvalue weighted by molar-refractivity contribution is 0.0502. The third-order valence-corrected chi connectivity index (χ3v) is 3.41. The fourth-order valence-corrected chi connectivity index (χ4v) is 2.40. The van der Waals surface area contributed by atoms with Gasteiger partial charge in [-0.3, -0.25) is 0 Å². The molecule has 1 aliphatic heterocycles. The van der Waals surface area contributed by atoms with E-state index in [4.69, 9.17) is 9.47 Å². The SMILES string of the molecule is CCCOC(=O)c1cc2c3c(ccc2cc1O)OCC=C3. The summed E-state index contributed by atoms with van der Waals surface area (Å²) in [7, 11) is 0. The van der Waals surface area contributed by atoms with E-state index in [9.17, 15) is 9.90 Å². The maximum atomic E-state index is 12.0. The van der Waals surface area contributed by atoms with Gasteiger partial charge in [0, 0.05) is 5.56 Å². The summed E-state index contributed by atoms with van der Waals surface area (Å²) in [4.78, 5) is 12.0. The molecular weight excluding hydrogens is 268 g/mol. The first-order valence-corrected chi connectivity index (χ1v) is 6.97. The molecule has 108 valence electrons. The second kappa shape index (κ2) is 5.48. The summed E-state index contributed by atoms with van der Waals surface area (Å²) in [5.74, 6) is 0.211. The number of aromatic hydroxyl groups is 1. The molecule has 0 saturated heterocycles. The molecular formula is C17H16O4.